The van der Waals surface area contributed by atoms with Crippen LogP contribution in [-0.2, 0) is 20.7 Å². The lowest BCUT2D eigenvalue weighted by Crippen LogP contribution is -2.49. The summed E-state index contributed by atoms with van der Waals surface area (Å²) in [4.78, 5) is 32.0. The molecule has 1 aromatic carbocycles. The van der Waals surface area contributed by atoms with E-state index in [0.29, 0.717) is 25.3 Å². The highest BCUT2D eigenvalue weighted by Gasteiger charge is 2.34. The van der Waals surface area contributed by atoms with Crippen LogP contribution in [0.3, 0.4) is 0 Å². The van der Waals surface area contributed by atoms with Gasteiger partial charge in [-0.15, -0.1) is 0 Å². The van der Waals surface area contributed by atoms with Crippen LogP contribution >= 0.6 is 0 Å². The van der Waals surface area contributed by atoms with Gasteiger partial charge in [0.25, 0.3) is 0 Å². The Morgan fingerprint density at radius 2 is 1.72 bits per heavy atom. The summed E-state index contributed by atoms with van der Waals surface area (Å²) in [5.41, 5.74) is 1.41. The standard InChI is InChI=1S/C26H39N3O3/c30-25-10-9-24(21-29(25)14-4-13-27-17-19-32-20-18-27)26(31)28-15-11-23(12-16-28)8-7-22-5-2-1-3-6-22/h1-3,5-6,23-24H,4,7-21H2/t24-/m0/s1. The van der Waals surface area contributed by atoms with Crippen LogP contribution in [0.25, 0.3) is 0 Å². The Labute approximate surface area is 192 Å². The molecule has 0 spiro atoms. The summed E-state index contributed by atoms with van der Waals surface area (Å²) in [6, 6.07) is 10.7. The highest BCUT2D eigenvalue weighted by Crippen LogP contribution is 2.26. The Morgan fingerprint density at radius 3 is 2.47 bits per heavy atom. The number of hydrogen-bond donors (Lipinski definition) is 0. The molecular formula is C26H39N3O3. The molecule has 0 aliphatic carbocycles. The Hall–Kier alpha value is -1.92. The lowest BCUT2D eigenvalue weighted by Gasteiger charge is -2.38. The molecule has 0 unspecified atom stereocenters. The van der Waals surface area contributed by atoms with Gasteiger partial charge in [-0.05, 0) is 50.0 Å². The van der Waals surface area contributed by atoms with Gasteiger partial charge in [-0.3, -0.25) is 14.5 Å². The van der Waals surface area contributed by atoms with Crippen LogP contribution in [0.1, 0.15) is 44.1 Å². The number of likely N-dealkylation sites (tertiary alicyclic amines) is 2. The Bertz CT molecular complexity index is 727. The summed E-state index contributed by atoms with van der Waals surface area (Å²) in [5.74, 6) is 1.19. The van der Waals surface area contributed by atoms with Gasteiger partial charge in [0, 0.05) is 52.2 Å². The predicted molar refractivity (Wildman–Crippen MR) is 125 cm³/mol. The maximum Gasteiger partial charge on any atom is 0.227 e. The number of morpholine rings is 1. The van der Waals surface area contributed by atoms with E-state index in [4.69, 9.17) is 4.74 Å². The third-order valence-corrected chi connectivity index (χ3v) is 7.47. The zero-order valence-corrected chi connectivity index (χ0v) is 19.4. The summed E-state index contributed by atoms with van der Waals surface area (Å²) in [6.07, 6.45) is 6.75. The fraction of sp³-hybridized carbons (Fsp3) is 0.692. The van der Waals surface area contributed by atoms with Gasteiger partial charge in [0.1, 0.15) is 0 Å². The van der Waals surface area contributed by atoms with Crippen LogP contribution in [0, 0.1) is 11.8 Å². The van der Waals surface area contributed by atoms with Gasteiger partial charge < -0.3 is 14.5 Å². The van der Waals surface area contributed by atoms with E-state index in [1.165, 1.54) is 12.0 Å². The van der Waals surface area contributed by atoms with Crippen molar-refractivity contribution in [2.45, 2.75) is 44.9 Å². The molecule has 3 fully saturated rings. The van der Waals surface area contributed by atoms with E-state index in [9.17, 15) is 9.59 Å². The molecule has 3 aliphatic rings. The summed E-state index contributed by atoms with van der Waals surface area (Å²) >= 11 is 0. The fourth-order valence-electron chi connectivity index (χ4n) is 5.36. The van der Waals surface area contributed by atoms with E-state index >= 15 is 0 Å². The molecule has 1 atom stereocenters. The van der Waals surface area contributed by atoms with E-state index in [1.54, 1.807) is 0 Å². The quantitative estimate of drug-likeness (QED) is 0.623. The molecule has 176 valence electrons. The first-order valence-corrected chi connectivity index (χ1v) is 12.6. The second-order valence-electron chi connectivity index (χ2n) is 9.68. The molecule has 32 heavy (non-hydrogen) atoms. The third-order valence-electron chi connectivity index (χ3n) is 7.47. The van der Waals surface area contributed by atoms with Gasteiger partial charge in [0.05, 0.1) is 19.1 Å². The number of aryl methyl sites for hydroxylation is 1. The minimum absolute atomic E-state index is 0.0167. The number of carbonyl (C=O) groups is 2. The highest BCUT2D eigenvalue weighted by atomic mass is 16.5. The monoisotopic (exact) mass is 441 g/mol. The van der Waals surface area contributed by atoms with E-state index in [0.717, 1.165) is 78.2 Å². The predicted octanol–water partition coefficient (Wildman–Crippen LogP) is 2.82. The van der Waals surface area contributed by atoms with Crippen molar-refractivity contribution in [1.82, 2.24) is 14.7 Å². The first kappa shape index (κ1) is 23.2. The smallest absolute Gasteiger partial charge is 0.227 e. The second-order valence-corrected chi connectivity index (χ2v) is 9.68. The number of carbonyl (C=O) groups excluding carboxylic acids is 2. The van der Waals surface area contributed by atoms with Gasteiger partial charge in [0.15, 0.2) is 0 Å². The van der Waals surface area contributed by atoms with Crippen molar-refractivity contribution in [2.75, 3.05) is 59.0 Å². The Morgan fingerprint density at radius 1 is 0.969 bits per heavy atom. The summed E-state index contributed by atoms with van der Waals surface area (Å²) in [6.45, 7) is 7.70. The molecule has 0 N–H and O–H groups in total. The van der Waals surface area contributed by atoms with Gasteiger partial charge in [-0.25, -0.2) is 0 Å². The number of rotatable bonds is 8. The number of piperidine rings is 2. The first-order chi connectivity index (χ1) is 15.7. The average Bonchev–Trinajstić information content (AvgIpc) is 2.85. The first-order valence-electron chi connectivity index (χ1n) is 12.6. The molecule has 0 radical (unpaired) electrons. The maximum atomic E-state index is 13.2. The third kappa shape index (κ3) is 6.55. The van der Waals surface area contributed by atoms with Crippen molar-refractivity contribution in [2.24, 2.45) is 11.8 Å². The molecule has 2 amide bonds. The molecular weight excluding hydrogens is 402 g/mol. The molecule has 6 heteroatoms. The number of ether oxygens (including phenoxy) is 1. The zero-order valence-electron chi connectivity index (χ0n) is 19.4. The summed E-state index contributed by atoms with van der Waals surface area (Å²) in [7, 11) is 0. The number of nitrogens with zero attached hydrogens (tertiary/aromatic N) is 3. The molecule has 4 rings (SSSR count). The lowest BCUT2D eigenvalue weighted by atomic mass is 9.89. The molecule has 0 saturated carbocycles. The normalized spacial score (nSPS) is 23.5. The molecule has 3 aliphatic heterocycles. The molecule has 6 nitrogen and oxygen atoms in total. The van der Waals surface area contributed by atoms with Crippen LogP contribution in [0.4, 0.5) is 0 Å². The zero-order chi connectivity index (χ0) is 22.2. The van der Waals surface area contributed by atoms with E-state index in [2.05, 4.69) is 40.1 Å². The van der Waals surface area contributed by atoms with E-state index in [-0.39, 0.29) is 17.7 Å². The van der Waals surface area contributed by atoms with Crippen LogP contribution in [0.2, 0.25) is 0 Å². The van der Waals surface area contributed by atoms with Crippen molar-refractivity contribution < 1.29 is 14.3 Å². The van der Waals surface area contributed by atoms with E-state index < -0.39 is 0 Å². The SMILES string of the molecule is O=C1CC[C@H](C(=O)N2CCC(CCc3ccccc3)CC2)CN1CCCN1CCOCC1. The Kier molecular flexibility index (Phi) is 8.57. The average molecular weight is 442 g/mol. The van der Waals surface area contributed by atoms with Gasteiger partial charge in [0.2, 0.25) is 11.8 Å². The lowest BCUT2D eigenvalue weighted by molar-refractivity contribution is -0.144. The summed E-state index contributed by atoms with van der Waals surface area (Å²) < 4.78 is 5.40. The molecule has 0 bridgehead atoms. The van der Waals surface area contributed by atoms with Gasteiger partial charge in [-0.1, -0.05) is 30.3 Å². The van der Waals surface area contributed by atoms with Crippen LogP contribution < -0.4 is 0 Å². The van der Waals surface area contributed by atoms with Crippen LogP contribution in [0.15, 0.2) is 30.3 Å². The van der Waals surface area contributed by atoms with Gasteiger partial charge in [-0.2, -0.15) is 0 Å². The summed E-state index contributed by atoms with van der Waals surface area (Å²) in [5, 5.41) is 0. The molecule has 3 heterocycles. The van der Waals surface area contributed by atoms with Crippen LogP contribution in [0.5, 0.6) is 0 Å². The maximum absolute atomic E-state index is 13.2. The number of hydrogen-bond acceptors (Lipinski definition) is 4. The van der Waals surface area contributed by atoms with Crippen molar-refractivity contribution in [3.05, 3.63) is 35.9 Å². The molecule has 3 saturated heterocycles. The number of benzene rings is 1. The van der Waals surface area contributed by atoms with Crippen molar-refractivity contribution in [3.8, 4) is 0 Å². The minimum Gasteiger partial charge on any atom is -0.379 e. The van der Waals surface area contributed by atoms with Crippen molar-refractivity contribution in [3.63, 3.8) is 0 Å². The van der Waals surface area contributed by atoms with E-state index in [1.807, 2.05) is 4.90 Å². The minimum atomic E-state index is -0.0167. The number of amides is 2. The van der Waals surface area contributed by atoms with Crippen LogP contribution in [-0.4, -0.2) is 85.5 Å². The molecule has 1 aromatic rings. The van der Waals surface area contributed by atoms with Crippen molar-refractivity contribution >= 4 is 11.8 Å². The highest BCUT2D eigenvalue weighted by molar-refractivity contribution is 5.84. The fourth-order valence-corrected chi connectivity index (χ4v) is 5.36. The van der Waals surface area contributed by atoms with Crippen molar-refractivity contribution in [1.29, 1.82) is 0 Å². The Balaban J connectivity index is 1.18. The molecule has 0 aromatic heterocycles. The van der Waals surface area contributed by atoms with Gasteiger partial charge >= 0.3 is 0 Å². The largest absolute Gasteiger partial charge is 0.379 e. The second kappa shape index (κ2) is 11.8. The topological polar surface area (TPSA) is 53.1 Å².